The molecular formula is C20H29N3O2. The highest BCUT2D eigenvalue weighted by molar-refractivity contribution is 5.78. The molecule has 136 valence electrons. The lowest BCUT2D eigenvalue weighted by Crippen LogP contribution is -2.47. The summed E-state index contributed by atoms with van der Waals surface area (Å²) in [6.07, 6.45) is 5.16. The summed E-state index contributed by atoms with van der Waals surface area (Å²) in [5, 5.41) is 3.22. The predicted octanol–water partition coefficient (Wildman–Crippen LogP) is 2.17. The molecule has 2 heterocycles. The Hall–Kier alpha value is -1.88. The van der Waals surface area contributed by atoms with Crippen LogP contribution in [0.1, 0.15) is 44.6 Å². The van der Waals surface area contributed by atoms with Crippen LogP contribution >= 0.6 is 0 Å². The summed E-state index contributed by atoms with van der Waals surface area (Å²) in [4.78, 5) is 28.5. The normalized spacial score (nSPS) is 23.1. The Morgan fingerprint density at radius 1 is 1.16 bits per heavy atom. The van der Waals surface area contributed by atoms with Gasteiger partial charge < -0.3 is 10.2 Å². The molecule has 2 aliphatic heterocycles. The van der Waals surface area contributed by atoms with Crippen molar-refractivity contribution < 1.29 is 9.59 Å². The van der Waals surface area contributed by atoms with E-state index < -0.39 is 0 Å². The minimum atomic E-state index is 0.0102. The van der Waals surface area contributed by atoms with Gasteiger partial charge >= 0.3 is 0 Å². The van der Waals surface area contributed by atoms with E-state index in [9.17, 15) is 9.59 Å². The van der Waals surface area contributed by atoms with Crippen molar-refractivity contribution in [3.8, 4) is 0 Å². The molecule has 1 N–H and O–H groups in total. The van der Waals surface area contributed by atoms with Crippen molar-refractivity contribution in [2.45, 2.75) is 57.7 Å². The Morgan fingerprint density at radius 2 is 1.96 bits per heavy atom. The second kappa shape index (κ2) is 8.48. The first-order valence-electron chi connectivity index (χ1n) is 9.46. The van der Waals surface area contributed by atoms with Crippen LogP contribution in [0.3, 0.4) is 0 Å². The van der Waals surface area contributed by atoms with Crippen molar-refractivity contribution in [1.82, 2.24) is 15.1 Å². The van der Waals surface area contributed by atoms with Crippen LogP contribution in [0.25, 0.3) is 0 Å². The Morgan fingerprint density at radius 3 is 2.72 bits per heavy atom. The van der Waals surface area contributed by atoms with Gasteiger partial charge in [-0.05, 0) is 31.4 Å². The second-order valence-corrected chi connectivity index (χ2v) is 7.24. The van der Waals surface area contributed by atoms with Crippen LogP contribution in [-0.2, 0) is 16.1 Å². The monoisotopic (exact) mass is 343 g/mol. The SMILES string of the molecule is CC(=O)N(CCC(=O)N[C@@H]1CCN2CCCC[C@H]12)Cc1ccccc1. The highest BCUT2D eigenvalue weighted by atomic mass is 16.2. The largest absolute Gasteiger partial charge is 0.352 e. The van der Waals surface area contributed by atoms with Gasteiger partial charge in [-0.15, -0.1) is 0 Å². The smallest absolute Gasteiger partial charge is 0.222 e. The fraction of sp³-hybridized carbons (Fsp3) is 0.600. The van der Waals surface area contributed by atoms with E-state index in [0.29, 0.717) is 25.6 Å². The average Bonchev–Trinajstić information content (AvgIpc) is 3.02. The van der Waals surface area contributed by atoms with Crippen molar-refractivity contribution in [1.29, 1.82) is 0 Å². The standard InChI is InChI=1S/C20H29N3O2/c1-16(24)23(15-17-7-3-2-4-8-17)14-11-20(25)21-18-10-13-22-12-6-5-9-19(18)22/h2-4,7-8,18-19H,5-6,9-15H2,1H3,(H,21,25)/t18-,19-/m1/s1. The molecule has 2 saturated heterocycles. The van der Waals surface area contributed by atoms with Crippen molar-refractivity contribution >= 4 is 11.8 Å². The molecule has 25 heavy (non-hydrogen) atoms. The van der Waals surface area contributed by atoms with E-state index in [1.807, 2.05) is 30.3 Å². The molecule has 0 bridgehead atoms. The molecule has 0 aromatic heterocycles. The molecular weight excluding hydrogens is 314 g/mol. The summed E-state index contributed by atoms with van der Waals surface area (Å²) in [6, 6.07) is 10.7. The van der Waals surface area contributed by atoms with Crippen LogP contribution in [0.15, 0.2) is 30.3 Å². The number of fused-ring (bicyclic) bond motifs is 1. The number of hydrogen-bond donors (Lipinski definition) is 1. The molecule has 1 aromatic rings. The first-order chi connectivity index (χ1) is 12.1. The summed E-state index contributed by atoms with van der Waals surface area (Å²) in [5.74, 6) is 0.0766. The van der Waals surface area contributed by atoms with Crippen LogP contribution in [0, 0.1) is 0 Å². The predicted molar refractivity (Wildman–Crippen MR) is 97.9 cm³/mol. The minimum Gasteiger partial charge on any atom is -0.352 e. The molecule has 0 saturated carbocycles. The van der Waals surface area contributed by atoms with Gasteiger partial charge in [-0.25, -0.2) is 0 Å². The maximum atomic E-state index is 12.4. The summed E-state index contributed by atoms with van der Waals surface area (Å²) >= 11 is 0. The van der Waals surface area contributed by atoms with E-state index in [0.717, 1.165) is 18.5 Å². The van der Waals surface area contributed by atoms with Gasteiger partial charge in [0.05, 0.1) is 0 Å². The lowest BCUT2D eigenvalue weighted by Gasteiger charge is -2.32. The average molecular weight is 343 g/mol. The van der Waals surface area contributed by atoms with Crippen LogP contribution in [-0.4, -0.2) is 53.3 Å². The zero-order chi connectivity index (χ0) is 17.6. The molecule has 0 spiro atoms. The van der Waals surface area contributed by atoms with E-state index in [-0.39, 0.29) is 17.9 Å². The third kappa shape index (κ3) is 4.82. The number of benzene rings is 1. The Bertz CT molecular complexity index is 590. The highest BCUT2D eigenvalue weighted by Gasteiger charge is 2.36. The van der Waals surface area contributed by atoms with Crippen LogP contribution in [0.4, 0.5) is 0 Å². The van der Waals surface area contributed by atoms with E-state index in [2.05, 4.69) is 10.2 Å². The molecule has 5 nitrogen and oxygen atoms in total. The number of nitrogens with one attached hydrogen (secondary N) is 1. The van der Waals surface area contributed by atoms with Crippen molar-refractivity contribution in [3.05, 3.63) is 35.9 Å². The van der Waals surface area contributed by atoms with E-state index in [4.69, 9.17) is 0 Å². The maximum absolute atomic E-state index is 12.4. The summed E-state index contributed by atoms with van der Waals surface area (Å²) < 4.78 is 0. The van der Waals surface area contributed by atoms with Gasteiger partial charge in [0.1, 0.15) is 0 Å². The Labute approximate surface area is 150 Å². The van der Waals surface area contributed by atoms with E-state index >= 15 is 0 Å². The molecule has 5 heteroatoms. The van der Waals surface area contributed by atoms with Gasteiger partial charge in [0.2, 0.25) is 11.8 Å². The molecule has 2 aliphatic rings. The number of amides is 2. The van der Waals surface area contributed by atoms with Crippen LogP contribution < -0.4 is 5.32 Å². The van der Waals surface area contributed by atoms with Gasteiger partial charge in [-0.3, -0.25) is 14.5 Å². The molecule has 3 rings (SSSR count). The summed E-state index contributed by atoms with van der Waals surface area (Å²) in [6.45, 7) is 4.87. The lowest BCUT2D eigenvalue weighted by molar-refractivity contribution is -0.130. The fourth-order valence-corrected chi connectivity index (χ4v) is 4.08. The quantitative estimate of drug-likeness (QED) is 0.861. The zero-order valence-corrected chi connectivity index (χ0v) is 15.1. The van der Waals surface area contributed by atoms with Crippen molar-refractivity contribution in [2.75, 3.05) is 19.6 Å². The van der Waals surface area contributed by atoms with Gasteiger partial charge in [-0.2, -0.15) is 0 Å². The third-order valence-electron chi connectivity index (χ3n) is 5.47. The fourth-order valence-electron chi connectivity index (χ4n) is 4.08. The first-order valence-corrected chi connectivity index (χ1v) is 9.46. The summed E-state index contributed by atoms with van der Waals surface area (Å²) in [5.41, 5.74) is 1.09. The number of nitrogens with zero attached hydrogens (tertiary/aromatic N) is 2. The van der Waals surface area contributed by atoms with E-state index in [1.54, 1.807) is 11.8 Å². The maximum Gasteiger partial charge on any atom is 0.222 e. The van der Waals surface area contributed by atoms with Gasteiger partial charge in [-0.1, -0.05) is 36.8 Å². The highest BCUT2D eigenvalue weighted by Crippen LogP contribution is 2.27. The van der Waals surface area contributed by atoms with Gasteiger partial charge in [0, 0.05) is 45.1 Å². The summed E-state index contributed by atoms with van der Waals surface area (Å²) in [7, 11) is 0. The molecule has 0 radical (unpaired) electrons. The number of rotatable bonds is 6. The molecule has 0 aliphatic carbocycles. The number of carbonyl (C=O) groups is 2. The minimum absolute atomic E-state index is 0.0102. The van der Waals surface area contributed by atoms with Crippen molar-refractivity contribution in [3.63, 3.8) is 0 Å². The molecule has 0 unspecified atom stereocenters. The first kappa shape index (κ1) is 17.9. The Balaban J connectivity index is 1.47. The number of piperidine rings is 1. The van der Waals surface area contributed by atoms with Crippen LogP contribution in [0.2, 0.25) is 0 Å². The molecule has 1 aromatic carbocycles. The number of hydrogen-bond acceptors (Lipinski definition) is 3. The topological polar surface area (TPSA) is 52.7 Å². The van der Waals surface area contributed by atoms with Gasteiger partial charge in [0.25, 0.3) is 0 Å². The second-order valence-electron chi connectivity index (χ2n) is 7.24. The van der Waals surface area contributed by atoms with Crippen molar-refractivity contribution in [2.24, 2.45) is 0 Å². The van der Waals surface area contributed by atoms with Gasteiger partial charge in [0.15, 0.2) is 0 Å². The van der Waals surface area contributed by atoms with E-state index in [1.165, 1.54) is 25.8 Å². The zero-order valence-electron chi connectivity index (χ0n) is 15.1. The molecule has 2 amide bonds. The number of carbonyl (C=O) groups excluding carboxylic acids is 2. The molecule has 2 fully saturated rings. The Kier molecular flexibility index (Phi) is 6.08. The third-order valence-corrected chi connectivity index (χ3v) is 5.47. The molecule has 2 atom stereocenters. The van der Waals surface area contributed by atoms with Crippen LogP contribution in [0.5, 0.6) is 0 Å². The lowest BCUT2D eigenvalue weighted by atomic mass is 9.99.